The van der Waals surface area contributed by atoms with Crippen LogP contribution in [-0.2, 0) is 9.53 Å². The third kappa shape index (κ3) is 2.55. The second-order valence-corrected chi connectivity index (χ2v) is 5.25. The Morgan fingerprint density at radius 2 is 1.71 bits per heavy atom. The summed E-state index contributed by atoms with van der Waals surface area (Å²) in [6.45, 7) is 0. The summed E-state index contributed by atoms with van der Waals surface area (Å²) in [6, 6.07) is 19.7. The Morgan fingerprint density at radius 1 is 1.10 bits per heavy atom. The molecule has 0 heterocycles. The Hall–Kier alpha value is -2.53. The zero-order valence-electron chi connectivity index (χ0n) is 11.9. The third-order valence-corrected chi connectivity index (χ3v) is 3.92. The van der Waals surface area contributed by atoms with Crippen LogP contribution in [0.15, 0.2) is 60.7 Å². The average Bonchev–Trinajstić information content (AvgIpc) is 3.30. The van der Waals surface area contributed by atoms with Crippen molar-refractivity contribution in [1.29, 1.82) is 0 Å². The molecule has 21 heavy (non-hydrogen) atoms. The van der Waals surface area contributed by atoms with Gasteiger partial charge in [0, 0.05) is 11.5 Å². The number of rotatable bonds is 2. The number of benzene rings is 2. The summed E-state index contributed by atoms with van der Waals surface area (Å²) in [4.78, 5) is 12.2. The molecule has 0 N–H and O–H groups in total. The molecule has 0 amide bonds. The summed E-state index contributed by atoms with van der Waals surface area (Å²) < 4.78 is 4.98. The summed E-state index contributed by atoms with van der Waals surface area (Å²) in [5.41, 5.74) is 1.37. The van der Waals surface area contributed by atoms with Crippen molar-refractivity contribution in [1.82, 2.24) is 0 Å². The first-order valence-electron chi connectivity index (χ1n) is 6.98. The third-order valence-electron chi connectivity index (χ3n) is 3.92. The van der Waals surface area contributed by atoms with Crippen molar-refractivity contribution in [3.63, 3.8) is 0 Å². The molecule has 2 aromatic carbocycles. The van der Waals surface area contributed by atoms with Crippen molar-refractivity contribution < 1.29 is 9.53 Å². The molecule has 0 saturated heterocycles. The molecule has 0 bridgehead atoms. The molecule has 3 rings (SSSR count). The Labute approximate surface area is 124 Å². The van der Waals surface area contributed by atoms with Crippen molar-refractivity contribution in [2.45, 2.75) is 12.3 Å². The maximum atomic E-state index is 12.2. The number of carbonyl (C=O) groups excluding carboxylic acids is 1. The molecule has 0 spiro atoms. The molecule has 0 radical (unpaired) electrons. The van der Waals surface area contributed by atoms with Crippen molar-refractivity contribution in [3.05, 3.63) is 71.8 Å². The standard InChI is InChI=1S/C19H16O2/c1-21-18(20)19(13-12-15-8-4-2-5-9-15)14-17(19)16-10-6-3-7-11-16/h2-11,17H,14H2,1H3/t17-,19+/m0/s1. The zero-order valence-corrected chi connectivity index (χ0v) is 11.9. The lowest BCUT2D eigenvalue weighted by Gasteiger charge is -2.08. The number of hydrogen-bond donors (Lipinski definition) is 0. The summed E-state index contributed by atoms with van der Waals surface area (Å²) in [6.07, 6.45) is 0.726. The summed E-state index contributed by atoms with van der Waals surface area (Å²) in [5.74, 6) is 6.16. The van der Waals surface area contributed by atoms with E-state index in [1.54, 1.807) is 0 Å². The Bertz CT molecular complexity index is 695. The number of ether oxygens (including phenoxy) is 1. The van der Waals surface area contributed by atoms with Gasteiger partial charge in [-0.2, -0.15) is 0 Å². The van der Waals surface area contributed by atoms with Crippen molar-refractivity contribution in [2.75, 3.05) is 7.11 Å². The molecule has 2 heteroatoms. The molecule has 1 aliphatic rings. The number of methoxy groups -OCH3 is 1. The molecule has 2 nitrogen and oxygen atoms in total. The highest BCUT2D eigenvalue weighted by atomic mass is 16.5. The SMILES string of the molecule is COC(=O)[C@]1(C#Cc2ccccc2)C[C@H]1c1ccccc1. The largest absolute Gasteiger partial charge is 0.468 e. The molecule has 2 atom stereocenters. The highest BCUT2D eigenvalue weighted by Crippen LogP contribution is 2.59. The smallest absolute Gasteiger partial charge is 0.324 e. The van der Waals surface area contributed by atoms with Crippen molar-refractivity contribution >= 4 is 5.97 Å². The van der Waals surface area contributed by atoms with E-state index in [1.165, 1.54) is 7.11 Å². The second kappa shape index (κ2) is 5.46. The molecule has 1 fully saturated rings. The van der Waals surface area contributed by atoms with Gasteiger partial charge in [0.2, 0.25) is 0 Å². The molecule has 0 aromatic heterocycles. The highest BCUT2D eigenvalue weighted by Gasteiger charge is 2.61. The second-order valence-electron chi connectivity index (χ2n) is 5.25. The first-order valence-corrected chi connectivity index (χ1v) is 6.98. The van der Waals surface area contributed by atoms with E-state index >= 15 is 0 Å². The Morgan fingerprint density at radius 3 is 2.33 bits per heavy atom. The maximum Gasteiger partial charge on any atom is 0.324 e. The van der Waals surface area contributed by atoms with Crippen LogP contribution >= 0.6 is 0 Å². The van der Waals surface area contributed by atoms with E-state index in [2.05, 4.69) is 11.8 Å². The fourth-order valence-corrected chi connectivity index (χ4v) is 2.65. The highest BCUT2D eigenvalue weighted by molar-refractivity contribution is 5.86. The number of carbonyl (C=O) groups is 1. The summed E-state index contributed by atoms with van der Waals surface area (Å²) >= 11 is 0. The van der Waals surface area contributed by atoms with Gasteiger partial charge < -0.3 is 4.74 Å². The van der Waals surface area contributed by atoms with Gasteiger partial charge in [-0.1, -0.05) is 60.4 Å². The van der Waals surface area contributed by atoms with Crippen LogP contribution in [0, 0.1) is 17.3 Å². The van der Waals surface area contributed by atoms with E-state index in [0.717, 1.165) is 17.5 Å². The minimum Gasteiger partial charge on any atom is -0.468 e. The van der Waals surface area contributed by atoms with Crippen LogP contribution in [-0.4, -0.2) is 13.1 Å². The zero-order chi connectivity index (χ0) is 14.7. The van der Waals surface area contributed by atoms with Crippen LogP contribution < -0.4 is 0 Å². The van der Waals surface area contributed by atoms with E-state index < -0.39 is 5.41 Å². The monoisotopic (exact) mass is 276 g/mol. The van der Waals surface area contributed by atoms with Crippen molar-refractivity contribution in [3.8, 4) is 11.8 Å². The maximum absolute atomic E-state index is 12.2. The lowest BCUT2D eigenvalue weighted by atomic mass is 9.99. The summed E-state index contributed by atoms with van der Waals surface area (Å²) in [7, 11) is 1.43. The fraction of sp³-hybridized carbons (Fsp3) is 0.211. The Balaban J connectivity index is 1.91. The predicted molar refractivity (Wildman–Crippen MR) is 81.6 cm³/mol. The minimum absolute atomic E-state index is 0.127. The van der Waals surface area contributed by atoms with Gasteiger partial charge in [-0.3, -0.25) is 4.79 Å². The van der Waals surface area contributed by atoms with Crippen LogP contribution in [0.1, 0.15) is 23.5 Å². The van der Waals surface area contributed by atoms with Crippen LogP contribution in [0.5, 0.6) is 0 Å². The van der Waals surface area contributed by atoms with E-state index in [0.29, 0.717) is 0 Å². The van der Waals surface area contributed by atoms with Gasteiger partial charge >= 0.3 is 5.97 Å². The van der Waals surface area contributed by atoms with Gasteiger partial charge in [0.25, 0.3) is 0 Å². The average molecular weight is 276 g/mol. The van der Waals surface area contributed by atoms with E-state index in [1.807, 2.05) is 60.7 Å². The summed E-state index contributed by atoms with van der Waals surface area (Å²) in [5, 5.41) is 0. The molecule has 1 aliphatic carbocycles. The van der Waals surface area contributed by atoms with Gasteiger partial charge in [0.05, 0.1) is 7.11 Å². The molecule has 1 saturated carbocycles. The van der Waals surface area contributed by atoms with Gasteiger partial charge in [-0.25, -0.2) is 0 Å². The molecule has 0 aliphatic heterocycles. The molecule has 2 aromatic rings. The van der Waals surface area contributed by atoms with E-state index in [-0.39, 0.29) is 11.9 Å². The van der Waals surface area contributed by atoms with Crippen LogP contribution in [0.3, 0.4) is 0 Å². The number of hydrogen-bond acceptors (Lipinski definition) is 2. The van der Waals surface area contributed by atoms with E-state index in [9.17, 15) is 4.79 Å². The molecule has 104 valence electrons. The normalized spacial score (nSPS) is 22.8. The van der Waals surface area contributed by atoms with Gasteiger partial charge in [-0.05, 0) is 24.1 Å². The fourth-order valence-electron chi connectivity index (χ4n) is 2.65. The van der Waals surface area contributed by atoms with Crippen LogP contribution in [0.25, 0.3) is 0 Å². The van der Waals surface area contributed by atoms with Crippen LogP contribution in [0.2, 0.25) is 0 Å². The number of esters is 1. The molecular formula is C19H16O2. The minimum atomic E-state index is -0.689. The lowest BCUT2D eigenvalue weighted by molar-refractivity contribution is -0.144. The van der Waals surface area contributed by atoms with Gasteiger partial charge in [0.15, 0.2) is 0 Å². The first kappa shape index (κ1) is 13.5. The molecular weight excluding hydrogens is 260 g/mol. The first-order chi connectivity index (χ1) is 10.3. The van der Waals surface area contributed by atoms with Gasteiger partial charge in [0.1, 0.15) is 5.41 Å². The van der Waals surface area contributed by atoms with Crippen molar-refractivity contribution in [2.24, 2.45) is 5.41 Å². The molecule has 0 unspecified atom stereocenters. The van der Waals surface area contributed by atoms with Gasteiger partial charge in [-0.15, -0.1) is 0 Å². The van der Waals surface area contributed by atoms with E-state index in [4.69, 9.17) is 4.74 Å². The lowest BCUT2D eigenvalue weighted by Crippen LogP contribution is -2.17. The topological polar surface area (TPSA) is 26.3 Å². The predicted octanol–water partition coefficient (Wildman–Crippen LogP) is 3.39. The van der Waals surface area contributed by atoms with Crippen LogP contribution in [0.4, 0.5) is 0 Å². The Kier molecular flexibility index (Phi) is 3.50. The quantitative estimate of drug-likeness (QED) is 0.621.